The number of imide groups is 2. The summed E-state index contributed by atoms with van der Waals surface area (Å²) in [6.45, 7) is 2.30. The Morgan fingerprint density at radius 1 is 1.22 bits per heavy atom. The van der Waals surface area contributed by atoms with Crippen LogP contribution in [0.15, 0.2) is 18.2 Å². The van der Waals surface area contributed by atoms with E-state index >= 15 is 0 Å². The van der Waals surface area contributed by atoms with Crippen LogP contribution in [0.1, 0.15) is 25.3 Å². The summed E-state index contributed by atoms with van der Waals surface area (Å²) in [5.74, 6) is -2.21. The summed E-state index contributed by atoms with van der Waals surface area (Å²) in [6, 6.07) is 2.95. The molecule has 4 amide bonds. The minimum absolute atomic E-state index is 0.0969. The van der Waals surface area contributed by atoms with Gasteiger partial charge in [0, 0.05) is 44.9 Å². The summed E-state index contributed by atoms with van der Waals surface area (Å²) < 4.78 is 5.18. The molecule has 1 aromatic rings. The van der Waals surface area contributed by atoms with Crippen molar-refractivity contribution < 1.29 is 28.8 Å². The number of rotatable bonds is 3. The van der Waals surface area contributed by atoms with Crippen LogP contribution < -0.4 is 4.90 Å². The smallest absolute Gasteiger partial charge is 0.332 e. The maximum absolute atomic E-state index is 13.5. The first-order valence-electron chi connectivity index (χ1n) is 10.4. The first kappa shape index (κ1) is 21.7. The fourth-order valence-corrected chi connectivity index (χ4v) is 5.25. The lowest BCUT2D eigenvalue weighted by Crippen LogP contribution is -2.72. The zero-order valence-corrected chi connectivity index (χ0v) is 18.1. The Labute approximate surface area is 184 Å². The van der Waals surface area contributed by atoms with E-state index in [0.717, 1.165) is 9.80 Å². The predicted octanol–water partition coefficient (Wildman–Crippen LogP) is 1.34. The topological polar surface area (TPSA) is 130 Å². The number of benzene rings is 1. The molecular formula is C21H24N4O7. The zero-order valence-electron chi connectivity index (χ0n) is 18.1. The quantitative estimate of drug-likeness (QED) is 0.295. The molecule has 0 unspecified atom stereocenters. The normalized spacial score (nSPS) is 24.3. The molecule has 0 aromatic heterocycles. The Kier molecular flexibility index (Phi) is 5.14. The van der Waals surface area contributed by atoms with E-state index in [1.165, 1.54) is 26.2 Å². The van der Waals surface area contributed by atoms with Crippen LogP contribution in [0.3, 0.4) is 0 Å². The molecule has 11 heteroatoms. The van der Waals surface area contributed by atoms with Crippen molar-refractivity contribution in [2.45, 2.75) is 32.2 Å². The van der Waals surface area contributed by atoms with Crippen molar-refractivity contribution in [2.75, 3.05) is 32.1 Å². The van der Waals surface area contributed by atoms with Crippen molar-refractivity contribution in [3.05, 3.63) is 33.9 Å². The minimum atomic E-state index is -1.68. The van der Waals surface area contributed by atoms with E-state index < -0.39 is 40.1 Å². The van der Waals surface area contributed by atoms with Crippen molar-refractivity contribution in [3.63, 3.8) is 0 Å². The Morgan fingerprint density at radius 3 is 2.47 bits per heavy atom. The monoisotopic (exact) mass is 444 g/mol. The second kappa shape index (κ2) is 7.57. The molecule has 3 aliphatic rings. The van der Waals surface area contributed by atoms with Gasteiger partial charge in [-0.1, -0.05) is 0 Å². The maximum Gasteiger partial charge on any atom is 0.332 e. The number of hydrogen-bond acceptors (Lipinski definition) is 8. The van der Waals surface area contributed by atoms with E-state index in [1.807, 2.05) is 4.90 Å². The molecule has 32 heavy (non-hydrogen) atoms. The lowest BCUT2D eigenvalue weighted by molar-refractivity contribution is -0.384. The number of hydrogen-bond donors (Lipinski definition) is 0. The van der Waals surface area contributed by atoms with Gasteiger partial charge in [0.1, 0.15) is 0 Å². The van der Waals surface area contributed by atoms with Gasteiger partial charge in [-0.2, -0.15) is 0 Å². The van der Waals surface area contributed by atoms with Gasteiger partial charge in [-0.15, -0.1) is 0 Å². The molecular weight excluding hydrogens is 420 g/mol. The number of anilines is 1. The van der Waals surface area contributed by atoms with Crippen molar-refractivity contribution in [3.8, 4) is 0 Å². The molecule has 0 radical (unpaired) electrons. The minimum Gasteiger partial charge on any atom is -0.466 e. The van der Waals surface area contributed by atoms with Crippen molar-refractivity contribution in [1.82, 2.24) is 9.80 Å². The van der Waals surface area contributed by atoms with Crippen LogP contribution in [-0.4, -0.2) is 71.8 Å². The van der Waals surface area contributed by atoms with Gasteiger partial charge in [0.05, 0.1) is 23.5 Å². The molecule has 4 rings (SSSR count). The Balaban J connectivity index is 1.87. The van der Waals surface area contributed by atoms with Crippen LogP contribution in [0, 0.1) is 21.4 Å². The van der Waals surface area contributed by atoms with Crippen LogP contribution in [-0.2, 0) is 25.5 Å². The number of nitro groups is 1. The van der Waals surface area contributed by atoms with Gasteiger partial charge in [0.2, 0.25) is 11.8 Å². The highest BCUT2D eigenvalue weighted by Crippen LogP contribution is 2.50. The molecule has 1 aromatic carbocycles. The van der Waals surface area contributed by atoms with Crippen LogP contribution in [0.4, 0.5) is 16.2 Å². The van der Waals surface area contributed by atoms with E-state index in [0.29, 0.717) is 24.2 Å². The number of barbiturate groups is 1. The number of urea groups is 1. The molecule has 11 nitrogen and oxygen atoms in total. The van der Waals surface area contributed by atoms with Gasteiger partial charge in [-0.05, 0) is 31.4 Å². The first-order valence-corrected chi connectivity index (χ1v) is 10.4. The second-order valence-corrected chi connectivity index (χ2v) is 8.41. The number of piperidine rings is 1. The van der Waals surface area contributed by atoms with Crippen LogP contribution in [0.25, 0.3) is 0 Å². The molecule has 3 aliphatic heterocycles. The number of carbonyl (C=O) groups excluding carboxylic acids is 4. The van der Waals surface area contributed by atoms with Crippen LogP contribution in [0.2, 0.25) is 0 Å². The summed E-state index contributed by atoms with van der Waals surface area (Å²) in [4.78, 5) is 66.5. The van der Waals surface area contributed by atoms with Gasteiger partial charge < -0.3 is 9.64 Å². The van der Waals surface area contributed by atoms with Crippen LogP contribution >= 0.6 is 0 Å². The third kappa shape index (κ3) is 2.94. The number of carbonyl (C=O) groups is 4. The standard InChI is InChI=1S/C21H24N4O7/c1-4-32-17(26)12-7-8-24-15-6-5-14(25(30)31)9-13(15)11-21(16(24)10-12)18(27)22(2)20(29)23(3)19(21)28/h5-6,9,12,16H,4,7-8,10-11H2,1-3H3/t12-,16-/m1/s1. The SMILES string of the molecule is CCOC(=O)[C@@H]1CCN2c3ccc([N+](=O)[O-])cc3CC3(C(=O)N(C)C(=O)N(C)C3=O)[C@H]2C1. The van der Waals surface area contributed by atoms with Crippen molar-refractivity contribution in [1.29, 1.82) is 0 Å². The average Bonchev–Trinajstić information content (AvgIpc) is 2.79. The summed E-state index contributed by atoms with van der Waals surface area (Å²) in [7, 11) is 2.63. The average molecular weight is 444 g/mol. The summed E-state index contributed by atoms with van der Waals surface area (Å²) in [6.07, 6.45) is 0.553. The van der Waals surface area contributed by atoms with Gasteiger partial charge in [0.15, 0.2) is 5.41 Å². The molecule has 0 aliphatic carbocycles. The van der Waals surface area contributed by atoms with Gasteiger partial charge in [-0.3, -0.25) is 34.3 Å². The zero-order chi connectivity index (χ0) is 23.4. The highest BCUT2D eigenvalue weighted by atomic mass is 16.6. The third-order valence-electron chi connectivity index (χ3n) is 6.79. The molecule has 2 fully saturated rings. The van der Waals surface area contributed by atoms with Crippen molar-refractivity contribution >= 4 is 35.2 Å². The Hall–Kier alpha value is -3.50. The largest absolute Gasteiger partial charge is 0.466 e. The van der Waals surface area contributed by atoms with Crippen molar-refractivity contribution in [2.24, 2.45) is 11.3 Å². The Morgan fingerprint density at radius 2 is 1.88 bits per heavy atom. The number of fused-ring (bicyclic) bond motifs is 4. The van der Waals surface area contributed by atoms with Crippen LogP contribution in [0.5, 0.6) is 0 Å². The highest BCUT2D eigenvalue weighted by Gasteiger charge is 2.64. The van der Waals surface area contributed by atoms with E-state index in [4.69, 9.17) is 4.74 Å². The number of esters is 1. The second-order valence-electron chi connectivity index (χ2n) is 8.41. The summed E-state index contributed by atoms with van der Waals surface area (Å²) in [5, 5.41) is 11.3. The van der Waals surface area contributed by atoms with Gasteiger partial charge in [0.25, 0.3) is 5.69 Å². The maximum atomic E-state index is 13.5. The van der Waals surface area contributed by atoms with E-state index in [-0.39, 0.29) is 31.1 Å². The fraction of sp³-hybridized carbons (Fsp3) is 0.524. The predicted molar refractivity (Wildman–Crippen MR) is 111 cm³/mol. The fourth-order valence-electron chi connectivity index (χ4n) is 5.25. The Bertz CT molecular complexity index is 1010. The molecule has 170 valence electrons. The highest BCUT2D eigenvalue weighted by molar-refractivity contribution is 6.20. The number of non-ortho nitro benzene ring substituents is 1. The molecule has 2 atom stereocenters. The molecule has 2 saturated heterocycles. The number of amides is 4. The van der Waals surface area contributed by atoms with E-state index in [9.17, 15) is 29.3 Å². The molecule has 0 saturated carbocycles. The van der Waals surface area contributed by atoms with Gasteiger partial charge in [-0.25, -0.2) is 4.79 Å². The molecule has 0 bridgehead atoms. The molecule has 0 N–H and O–H groups in total. The number of ether oxygens (including phenoxy) is 1. The molecule has 1 spiro atoms. The third-order valence-corrected chi connectivity index (χ3v) is 6.79. The summed E-state index contributed by atoms with van der Waals surface area (Å²) >= 11 is 0. The van der Waals surface area contributed by atoms with E-state index in [1.54, 1.807) is 13.0 Å². The molecule has 3 heterocycles. The van der Waals surface area contributed by atoms with E-state index in [2.05, 4.69) is 0 Å². The first-order chi connectivity index (χ1) is 15.1. The van der Waals surface area contributed by atoms with Gasteiger partial charge >= 0.3 is 12.0 Å². The summed E-state index contributed by atoms with van der Waals surface area (Å²) in [5.41, 5.74) is -0.642. The lowest BCUT2D eigenvalue weighted by Gasteiger charge is -2.55. The number of nitro benzene ring substituents is 1. The number of nitrogens with zero attached hydrogens (tertiary/aromatic N) is 4. The lowest BCUT2D eigenvalue weighted by atomic mass is 9.64.